The van der Waals surface area contributed by atoms with E-state index in [1.54, 1.807) is 0 Å². The summed E-state index contributed by atoms with van der Waals surface area (Å²) >= 11 is 0. The summed E-state index contributed by atoms with van der Waals surface area (Å²) in [4.78, 5) is 0. The number of halogens is 2. The van der Waals surface area contributed by atoms with Gasteiger partial charge in [-0.25, -0.2) is 0 Å². The predicted octanol–water partition coefficient (Wildman–Crippen LogP) is -0.353. The molecular weight excluding hydrogens is 630 g/mol. The minimum Gasteiger partial charge on any atom is -1.00 e. The van der Waals surface area contributed by atoms with E-state index in [-0.39, 0.29) is 56.8 Å². The fraction of sp³-hybridized carbons (Fsp3) is 0.214. The molecule has 164 valence electrons. The topological polar surface area (TPSA) is 9.23 Å². The van der Waals surface area contributed by atoms with Crippen LogP contribution in [-0.2, 0) is 32.3 Å². The zero-order chi connectivity index (χ0) is 21.1. The molecule has 0 bridgehead atoms. The number of ether oxygens (including phenoxy) is 1. The first-order chi connectivity index (χ1) is 14.6. The van der Waals surface area contributed by atoms with Crippen molar-refractivity contribution >= 4 is 44.6 Å². The van der Waals surface area contributed by atoms with Gasteiger partial charge in [-0.2, -0.15) is 0 Å². The number of fused-ring (bicyclic) bond motifs is 6. The van der Waals surface area contributed by atoms with Crippen molar-refractivity contribution in [1.29, 1.82) is 0 Å². The van der Waals surface area contributed by atoms with Crippen molar-refractivity contribution in [2.24, 2.45) is 0 Å². The van der Waals surface area contributed by atoms with E-state index in [2.05, 4.69) is 106 Å². The molecule has 0 saturated carbocycles. The Labute approximate surface area is 231 Å². The number of benzene rings is 3. The van der Waals surface area contributed by atoms with E-state index in [1.807, 2.05) is 0 Å². The maximum absolute atomic E-state index is 5.72. The van der Waals surface area contributed by atoms with Gasteiger partial charge in [0.2, 0.25) is 13.1 Å². The Morgan fingerprint density at radius 3 is 2.39 bits per heavy atom. The largest absolute Gasteiger partial charge is 4.00 e. The van der Waals surface area contributed by atoms with Crippen molar-refractivity contribution in [3.05, 3.63) is 87.3 Å². The van der Waals surface area contributed by atoms with Crippen LogP contribution in [0, 0.1) is 0 Å². The molecule has 5 heteroatoms. The van der Waals surface area contributed by atoms with Gasteiger partial charge in [0, 0.05) is 10.8 Å². The van der Waals surface area contributed by atoms with Gasteiger partial charge in [-0.05, 0) is 53.5 Å². The Kier molecular flexibility index (Phi) is 12.1. The molecule has 6 rings (SSSR count). The van der Waals surface area contributed by atoms with Crippen molar-refractivity contribution in [2.75, 3.05) is 0 Å². The average molecular weight is 658 g/mol. The second-order valence-electron chi connectivity index (χ2n) is 8.02. The molecule has 3 aromatic rings. The summed E-state index contributed by atoms with van der Waals surface area (Å²) in [5, 5.41) is 5.26. The number of allylic oxidation sites excluding steroid dienone is 2. The van der Waals surface area contributed by atoms with Gasteiger partial charge in [-0.1, -0.05) is 78.4 Å². The van der Waals surface area contributed by atoms with Crippen molar-refractivity contribution in [2.45, 2.75) is 39.5 Å². The Hall–Kier alpha value is -1.39. The first-order valence-electron chi connectivity index (χ1n) is 10.6. The molecule has 0 fully saturated rings. The second kappa shape index (κ2) is 13.5. The van der Waals surface area contributed by atoms with Gasteiger partial charge in [-0.3, -0.25) is 0 Å². The molecule has 2 aliphatic carbocycles. The van der Waals surface area contributed by atoms with E-state index in [0.717, 1.165) is 21.7 Å². The fourth-order valence-corrected chi connectivity index (χ4v) is 4.21. The Morgan fingerprint density at radius 2 is 1.64 bits per heavy atom. The molecule has 0 radical (unpaired) electrons. The molecule has 1 heterocycles. The molecule has 3 aromatic carbocycles. The van der Waals surface area contributed by atoms with Gasteiger partial charge in [0.05, 0.1) is 0 Å². The summed E-state index contributed by atoms with van der Waals surface area (Å²) in [5.74, 6) is 1.05. The zero-order valence-corrected chi connectivity index (χ0v) is 25.6. The number of hydrogen-bond acceptors (Lipinski definition) is 1. The van der Waals surface area contributed by atoms with Crippen LogP contribution in [0.2, 0.25) is 13.1 Å². The van der Waals surface area contributed by atoms with Crippen molar-refractivity contribution < 1.29 is 55.4 Å². The molecule has 0 saturated heterocycles. The van der Waals surface area contributed by atoms with Gasteiger partial charge < -0.3 is 29.6 Å². The summed E-state index contributed by atoms with van der Waals surface area (Å²) in [5.41, 5.74) is 5.61. The molecule has 0 N–H and O–H groups in total. The van der Waals surface area contributed by atoms with Gasteiger partial charge in [-0.15, -0.1) is 0 Å². The van der Waals surface area contributed by atoms with E-state index in [1.165, 1.54) is 43.5 Å². The third kappa shape index (κ3) is 6.60. The SMILES string of the molecule is CC1=Cc2ccc3ccccc3c2C1.CC1C=c2ccc3c(c2O1)C=CC=3.C[Si+2]C.[Cl-].[Cl-].[Hf+4]. The van der Waals surface area contributed by atoms with Crippen LogP contribution >= 0.6 is 0 Å². The van der Waals surface area contributed by atoms with Crippen LogP contribution in [0.3, 0.4) is 0 Å². The summed E-state index contributed by atoms with van der Waals surface area (Å²) in [7, 11) is 1.08. The minimum atomic E-state index is 0. The summed E-state index contributed by atoms with van der Waals surface area (Å²) in [6, 6.07) is 17.3. The standard InChI is InChI=1S/C14H12.C12H10O.C2H6Si.2ClH.Hf/c1-10-8-12-7-6-11-4-2-3-5-13(11)14(12)9-10;1-8-7-10-6-5-9-3-2-4-11(9)12(10)13-8;1-3-2;;;/h2-8H,9H2,1H3;2-8H,1H3;1-2H3;2*1H;/q;;+2;;;+4/p-2. The van der Waals surface area contributed by atoms with Gasteiger partial charge in [0.25, 0.3) is 0 Å². The van der Waals surface area contributed by atoms with Crippen LogP contribution in [0.4, 0.5) is 0 Å². The van der Waals surface area contributed by atoms with Crippen molar-refractivity contribution in [3.63, 3.8) is 0 Å². The molecule has 3 aliphatic rings. The first-order valence-corrected chi connectivity index (χ1v) is 12.6. The fourth-order valence-electron chi connectivity index (χ4n) is 4.21. The Morgan fingerprint density at radius 1 is 0.939 bits per heavy atom. The molecule has 33 heavy (non-hydrogen) atoms. The van der Waals surface area contributed by atoms with E-state index in [0.29, 0.717) is 0 Å². The monoisotopic (exact) mass is 658 g/mol. The van der Waals surface area contributed by atoms with E-state index >= 15 is 0 Å². The number of hydrogen-bond donors (Lipinski definition) is 0. The molecule has 1 nitrogen and oxygen atoms in total. The maximum Gasteiger partial charge on any atom is 4.00 e. The van der Waals surface area contributed by atoms with Crippen LogP contribution in [0.15, 0.2) is 60.2 Å². The molecule has 0 amide bonds. The molecule has 1 atom stereocenters. The zero-order valence-electron chi connectivity index (χ0n) is 19.5. The van der Waals surface area contributed by atoms with Crippen LogP contribution in [0.1, 0.15) is 30.5 Å². The quantitative estimate of drug-likeness (QED) is 0.301. The molecule has 1 unspecified atom stereocenters. The molecule has 1 aliphatic heterocycles. The molecular formula is C28H28Cl2HfOSi+4. The summed E-state index contributed by atoms with van der Waals surface area (Å²) in [6.45, 7) is 8.57. The number of rotatable bonds is 0. The third-order valence-corrected chi connectivity index (χ3v) is 5.45. The van der Waals surface area contributed by atoms with Gasteiger partial charge in [0.1, 0.15) is 11.9 Å². The van der Waals surface area contributed by atoms with Crippen LogP contribution < -0.4 is 40.0 Å². The van der Waals surface area contributed by atoms with Crippen LogP contribution in [-0.4, -0.2) is 15.6 Å². The van der Waals surface area contributed by atoms with Gasteiger partial charge in [0.15, 0.2) is 0 Å². The van der Waals surface area contributed by atoms with Crippen molar-refractivity contribution in [1.82, 2.24) is 0 Å². The Bertz CT molecular complexity index is 1280. The van der Waals surface area contributed by atoms with E-state index in [4.69, 9.17) is 4.74 Å². The maximum atomic E-state index is 5.72. The second-order valence-corrected chi connectivity index (χ2v) is 9.02. The normalized spacial score (nSPS) is 14.8. The Balaban J connectivity index is 0.000000274. The third-order valence-electron chi connectivity index (χ3n) is 5.45. The van der Waals surface area contributed by atoms with Crippen LogP contribution in [0.25, 0.3) is 35.1 Å². The van der Waals surface area contributed by atoms with E-state index < -0.39 is 0 Å². The van der Waals surface area contributed by atoms with E-state index in [9.17, 15) is 0 Å². The summed E-state index contributed by atoms with van der Waals surface area (Å²) in [6.07, 6.45) is 12.1. The minimum absolute atomic E-state index is 0. The summed E-state index contributed by atoms with van der Waals surface area (Å²) < 4.78 is 5.72. The predicted molar refractivity (Wildman–Crippen MR) is 133 cm³/mol. The van der Waals surface area contributed by atoms with Gasteiger partial charge >= 0.3 is 35.4 Å². The first kappa shape index (κ1) is 29.6. The van der Waals surface area contributed by atoms with Crippen molar-refractivity contribution in [3.8, 4) is 5.75 Å². The van der Waals surface area contributed by atoms with Crippen LogP contribution in [0.5, 0.6) is 5.75 Å². The molecule has 0 aromatic heterocycles. The smallest absolute Gasteiger partial charge is 1.00 e. The average Bonchev–Trinajstić information content (AvgIpc) is 3.45. The molecule has 0 spiro atoms.